The molecule has 25 heavy (non-hydrogen) atoms. The number of hydrogen-bond donors (Lipinski definition) is 1. The average molecular weight is 379 g/mol. The molecule has 1 aromatic carbocycles. The van der Waals surface area contributed by atoms with E-state index in [-0.39, 0.29) is 28.3 Å². The molecule has 1 aromatic rings. The zero-order chi connectivity index (χ0) is 18.6. The lowest BCUT2D eigenvalue weighted by molar-refractivity contribution is -0.130. The molecule has 0 saturated carbocycles. The second-order valence-corrected chi connectivity index (χ2v) is 6.20. The van der Waals surface area contributed by atoms with Crippen LogP contribution in [0, 0.1) is 0 Å². The van der Waals surface area contributed by atoms with Gasteiger partial charge in [-0.1, -0.05) is 11.6 Å². The number of amides is 2. The highest BCUT2D eigenvalue weighted by atomic mass is 35.5. The quantitative estimate of drug-likeness (QED) is 0.876. The van der Waals surface area contributed by atoms with Crippen LogP contribution in [-0.2, 0) is 4.79 Å². The smallest absolute Gasteiger partial charge is 0.405 e. The van der Waals surface area contributed by atoms with E-state index in [2.05, 4.69) is 0 Å². The van der Waals surface area contributed by atoms with Crippen molar-refractivity contribution in [1.82, 2.24) is 10.2 Å². The molecule has 0 spiro atoms. The highest BCUT2D eigenvalue weighted by Crippen LogP contribution is 2.26. The topological polar surface area (TPSA) is 58.6 Å². The summed E-state index contributed by atoms with van der Waals surface area (Å²) in [5.74, 6) is -0.751. The van der Waals surface area contributed by atoms with E-state index in [1.54, 1.807) is 4.90 Å². The molecular weight excluding hydrogens is 361 g/mol. The van der Waals surface area contributed by atoms with Crippen molar-refractivity contribution < 1.29 is 27.5 Å². The van der Waals surface area contributed by atoms with Gasteiger partial charge in [0.1, 0.15) is 18.4 Å². The van der Waals surface area contributed by atoms with Crippen molar-refractivity contribution in [2.24, 2.45) is 0 Å². The Balaban J connectivity index is 2.06. The van der Waals surface area contributed by atoms with Crippen LogP contribution in [-0.4, -0.2) is 48.6 Å². The number of carbonyl (C=O) groups is 2. The molecule has 9 heteroatoms. The lowest BCUT2D eigenvalue weighted by atomic mass is 10.1. The fourth-order valence-corrected chi connectivity index (χ4v) is 2.70. The van der Waals surface area contributed by atoms with E-state index in [0.29, 0.717) is 25.9 Å². The maximum atomic E-state index is 12.3. The van der Waals surface area contributed by atoms with Gasteiger partial charge in [-0.05, 0) is 18.2 Å². The molecule has 1 saturated heterocycles. The highest BCUT2D eigenvalue weighted by molar-refractivity contribution is 6.31. The van der Waals surface area contributed by atoms with Gasteiger partial charge in [-0.2, -0.15) is 13.2 Å². The molecule has 0 radical (unpaired) electrons. The fourth-order valence-electron chi connectivity index (χ4n) is 2.53. The number of nitrogens with zero attached hydrogens (tertiary/aromatic N) is 1. The van der Waals surface area contributed by atoms with Gasteiger partial charge in [-0.15, -0.1) is 0 Å². The van der Waals surface area contributed by atoms with E-state index in [4.69, 9.17) is 16.3 Å². The van der Waals surface area contributed by atoms with Gasteiger partial charge < -0.3 is 15.0 Å². The number of piperidine rings is 1. The Labute approximate surface area is 148 Å². The Morgan fingerprint density at radius 3 is 2.52 bits per heavy atom. The molecule has 5 nitrogen and oxygen atoms in total. The summed E-state index contributed by atoms with van der Waals surface area (Å²) >= 11 is 5.85. The van der Waals surface area contributed by atoms with Crippen LogP contribution < -0.4 is 10.1 Å². The number of halogens is 4. The van der Waals surface area contributed by atoms with Gasteiger partial charge in [0.05, 0.1) is 5.56 Å². The first-order valence-electron chi connectivity index (χ1n) is 7.72. The average Bonchev–Trinajstić information content (AvgIpc) is 2.54. The van der Waals surface area contributed by atoms with Gasteiger partial charge >= 0.3 is 6.18 Å². The molecule has 0 bridgehead atoms. The second kappa shape index (κ2) is 7.95. The summed E-state index contributed by atoms with van der Waals surface area (Å²) in [5, 5.41) is 2.03. The van der Waals surface area contributed by atoms with Crippen molar-refractivity contribution in [2.75, 3.05) is 19.6 Å². The van der Waals surface area contributed by atoms with E-state index in [1.165, 1.54) is 25.1 Å². The normalized spacial score (nSPS) is 15.8. The molecule has 0 unspecified atom stereocenters. The van der Waals surface area contributed by atoms with Crippen LogP contribution in [0.4, 0.5) is 13.2 Å². The third kappa shape index (κ3) is 5.81. The number of carbonyl (C=O) groups excluding carboxylic acids is 2. The van der Waals surface area contributed by atoms with E-state index in [0.717, 1.165) is 0 Å². The lowest BCUT2D eigenvalue weighted by Crippen LogP contribution is -2.41. The van der Waals surface area contributed by atoms with Gasteiger partial charge in [-0.25, -0.2) is 0 Å². The summed E-state index contributed by atoms with van der Waals surface area (Å²) in [7, 11) is 0. The second-order valence-electron chi connectivity index (χ2n) is 5.76. The van der Waals surface area contributed by atoms with Gasteiger partial charge in [-0.3, -0.25) is 9.59 Å². The molecule has 1 aliphatic heterocycles. The summed E-state index contributed by atoms with van der Waals surface area (Å²) in [6, 6.07) is 4.23. The van der Waals surface area contributed by atoms with E-state index >= 15 is 0 Å². The van der Waals surface area contributed by atoms with Crippen molar-refractivity contribution >= 4 is 23.4 Å². The highest BCUT2D eigenvalue weighted by Gasteiger charge is 2.29. The van der Waals surface area contributed by atoms with Crippen molar-refractivity contribution in [2.45, 2.75) is 32.0 Å². The first-order valence-corrected chi connectivity index (χ1v) is 8.10. The van der Waals surface area contributed by atoms with Crippen molar-refractivity contribution in [3.8, 4) is 5.75 Å². The van der Waals surface area contributed by atoms with E-state index in [9.17, 15) is 22.8 Å². The third-order valence-electron chi connectivity index (χ3n) is 3.82. The van der Waals surface area contributed by atoms with Crippen molar-refractivity contribution in [3.63, 3.8) is 0 Å². The molecule has 1 aliphatic rings. The number of benzene rings is 1. The zero-order valence-corrected chi connectivity index (χ0v) is 14.3. The number of alkyl halides is 3. The Morgan fingerprint density at radius 1 is 1.32 bits per heavy atom. The van der Waals surface area contributed by atoms with Crippen LogP contribution in [0.3, 0.4) is 0 Å². The molecule has 2 amide bonds. The van der Waals surface area contributed by atoms with Gasteiger partial charge in [0.15, 0.2) is 0 Å². The molecule has 1 fully saturated rings. The molecule has 1 heterocycles. The van der Waals surface area contributed by atoms with Crippen LogP contribution in [0.2, 0.25) is 5.02 Å². The first-order chi connectivity index (χ1) is 11.7. The molecule has 0 aliphatic carbocycles. The molecular formula is C16H18ClF3N2O3. The largest absolute Gasteiger partial charge is 0.489 e. The van der Waals surface area contributed by atoms with E-state index < -0.39 is 18.6 Å². The maximum Gasteiger partial charge on any atom is 0.405 e. The first kappa shape index (κ1) is 19.4. The number of hydrogen-bond acceptors (Lipinski definition) is 3. The Kier molecular flexibility index (Phi) is 6.16. The molecule has 0 aromatic heterocycles. The summed E-state index contributed by atoms with van der Waals surface area (Å²) in [4.78, 5) is 25.1. The van der Waals surface area contributed by atoms with Crippen molar-refractivity contribution in [1.29, 1.82) is 0 Å². The minimum atomic E-state index is -4.51. The van der Waals surface area contributed by atoms with Crippen LogP contribution in [0.1, 0.15) is 30.1 Å². The van der Waals surface area contributed by atoms with Crippen LogP contribution in [0.25, 0.3) is 0 Å². The van der Waals surface area contributed by atoms with Crippen LogP contribution in [0.15, 0.2) is 18.2 Å². The molecule has 138 valence electrons. The number of likely N-dealkylation sites (tertiary alicyclic amines) is 1. The molecule has 2 rings (SSSR count). The van der Waals surface area contributed by atoms with Crippen LogP contribution in [0.5, 0.6) is 5.75 Å². The third-order valence-corrected chi connectivity index (χ3v) is 4.05. The molecule has 0 atom stereocenters. The number of ether oxygens (including phenoxy) is 1. The van der Waals surface area contributed by atoms with Gasteiger partial charge in [0.25, 0.3) is 5.91 Å². The van der Waals surface area contributed by atoms with Crippen molar-refractivity contribution in [3.05, 3.63) is 28.8 Å². The summed E-state index contributed by atoms with van der Waals surface area (Å²) < 4.78 is 42.6. The van der Waals surface area contributed by atoms with Gasteiger partial charge in [0.2, 0.25) is 5.91 Å². The predicted octanol–water partition coefficient (Wildman–Crippen LogP) is 3.02. The Morgan fingerprint density at radius 2 is 1.96 bits per heavy atom. The van der Waals surface area contributed by atoms with E-state index in [1.807, 2.05) is 5.32 Å². The summed E-state index contributed by atoms with van der Waals surface area (Å²) in [6.45, 7) is 1.12. The minimum absolute atomic E-state index is 0.0165. The van der Waals surface area contributed by atoms with Gasteiger partial charge in [0, 0.05) is 37.9 Å². The summed E-state index contributed by atoms with van der Waals surface area (Å²) in [6.07, 6.45) is -3.59. The number of rotatable bonds is 4. The monoisotopic (exact) mass is 378 g/mol. The SMILES string of the molecule is CC(=O)N1CCC(Oc2ccc(Cl)cc2C(=O)NCC(F)(F)F)CC1. The minimum Gasteiger partial charge on any atom is -0.489 e. The maximum absolute atomic E-state index is 12.3. The zero-order valence-electron chi connectivity index (χ0n) is 13.5. The lowest BCUT2D eigenvalue weighted by Gasteiger charge is -2.31. The predicted molar refractivity (Wildman–Crippen MR) is 85.7 cm³/mol. The standard InChI is InChI=1S/C16H18ClF3N2O3/c1-10(23)22-6-4-12(5-7-22)25-14-3-2-11(17)8-13(14)15(24)21-9-16(18,19)20/h2-3,8,12H,4-7,9H2,1H3,(H,21,24). The van der Waals surface area contributed by atoms with Crippen LogP contribution >= 0.6 is 11.6 Å². The fraction of sp³-hybridized carbons (Fsp3) is 0.500. The number of nitrogens with one attached hydrogen (secondary N) is 1. The Hall–Kier alpha value is -1.96. The summed E-state index contributed by atoms with van der Waals surface area (Å²) in [5.41, 5.74) is -0.0502. The molecule has 1 N–H and O–H groups in total. The Bertz CT molecular complexity index is 644.